The molecule has 0 fully saturated rings. The highest BCUT2D eigenvalue weighted by molar-refractivity contribution is 5.90. The molecule has 0 unspecified atom stereocenters. The van der Waals surface area contributed by atoms with Gasteiger partial charge >= 0.3 is 5.91 Å². The predicted molar refractivity (Wildman–Crippen MR) is 56.6 cm³/mol. The zero-order valence-corrected chi connectivity index (χ0v) is 9.32. The van der Waals surface area contributed by atoms with Crippen LogP contribution in [0.2, 0.25) is 0 Å². The number of hydroxylamine groups is 2. The minimum absolute atomic E-state index is 0.0787. The van der Waals surface area contributed by atoms with Crippen molar-refractivity contribution in [1.29, 1.82) is 0 Å². The molecule has 0 atom stereocenters. The Morgan fingerprint density at radius 2 is 2.18 bits per heavy atom. The van der Waals surface area contributed by atoms with E-state index in [2.05, 4.69) is 15.0 Å². The summed E-state index contributed by atoms with van der Waals surface area (Å²) in [6.45, 7) is 0. The third kappa shape index (κ3) is 2.28. The first-order valence-corrected chi connectivity index (χ1v) is 4.76. The van der Waals surface area contributed by atoms with Crippen LogP contribution in [0.5, 0.6) is 0 Å². The van der Waals surface area contributed by atoms with Gasteiger partial charge in [-0.05, 0) is 0 Å². The Labute approximate surface area is 97.0 Å². The molecule has 2 heterocycles. The number of nitrogens with zero attached hydrogens (tertiary/aromatic N) is 4. The lowest BCUT2D eigenvalue weighted by atomic mass is 10.4. The van der Waals surface area contributed by atoms with E-state index >= 15 is 0 Å². The van der Waals surface area contributed by atoms with Crippen molar-refractivity contribution in [1.82, 2.24) is 20.0 Å². The van der Waals surface area contributed by atoms with E-state index in [-0.39, 0.29) is 11.7 Å². The molecule has 2 aromatic rings. The van der Waals surface area contributed by atoms with Crippen molar-refractivity contribution in [3.05, 3.63) is 30.5 Å². The van der Waals surface area contributed by atoms with E-state index in [1.54, 1.807) is 0 Å². The summed E-state index contributed by atoms with van der Waals surface area (Å²) in [5, 5.41) is 1.04. The van der Waals surface area contributed by atoms with Gasteiger partial charge in [-0.15, -0.1) is 0 Å². The highest BCUT2D eigenvalue weighted by Gasteiger charge is 2.18. The maximum absolute atomic E-state index is 11.7. The molecule has 0 saturated carbocycles. The topological polar surface area (TPSA) is 81.4 Å². The van der Waals surface area contributed by atoms with Crippen molar-refractivity contribution < 1.29 is 14.0 Å². The average molecular weight is 234 g/mol. The lowest BCUT2D eigenvalue weighted by Crippen LogP contribution is -2.24. The molecule has 2 aromatic heterocycles. The Bertz CT molecular complexity index is 511. The van der Waals surface area contributed by atoms with E-state index in [1.165, 1.54) is 38.9 Å². The first kappa shape index (κ1) is 11.2. The summed E-state index contributed by atoms with van der Waals surface area (Å²) in [5.74, 6) is -0.101. The van der Waals surface area contributed by atoms with Crippen LogP contribution in [0.4, 0.5) is 0 Å². The number of aromatic nitrogens is 3. The zero-order valence-electron chi connectivity index (χ0n) is 9.32. The SMILES string of the molecule is CON(C)C(=O)c1cnc(-c2cnccn2)o1. The third-order valence-corrected chi connectivity index (χ3v) is 2.06. The smallest absolute Gasteiger partial charge is 0.314 e. The summed E-state index contributed by atoms with van der Waals surface area (Å²) in [7, 11) is 2.87. The van der Waals surface area contributed by atoms with Crippen molar-refractivity contribution in [2.24, 2.45) is 0 Å². The normalized spacial score (nSPS) is 10.2. The second-order valence-corrected chi connectivity index (χ2v) is 3.11. The lowest BCUT2D eigenvalue weighted by Gasteiger charge is -2.10. The Morgan fingerprint density at radius 1 is 1.35 bits per heavy atom. The molecule has 1 amide bonds. The van der Waals surface area contributed by atoms with Crippen LogP contribution in [0.1, 0.15) is 10.6 Å². The van der Waals surface area contributed by atoms with E-state index in [1.807, 2.05) is 0 Å². The summed E-state index contributed by atoms with van der Waals surface area (Å²) in [5.41, 5.74) is 0.464. The molecular weight excluding hydrogens is 224 g/mol. The van der Waals surface area contributed by atoms with Crippen LogP contribution in [0, 0.1) is 0 Å². The fraction of sp³-hybridized carbons (Fsp3) is 0.200. The van der Waals surface area contributed by atoms with Gasteiger partial charge in [-0.25, -0.2) is 15.0 Å². The summed E-state index contributed by atoms with van der Waals surface area (Å²) < 4.78 is 5.27. The van der Waals surface area contributed by atoms with E-state index in [9.17, 15) is 4.79 Å². The van der Waals surface area contributed by atoms with Gasteiger partial charge in [0, 0.05) is 19.4 Å². The fourth-order valence-corrected chi connectivity index (χ4v) is 1.14. The van der Waals surface area contributed by atoms with Gasteiger partial charge in [0.2, 0.25) is 11.7 Å². The molecule has 88 valence electrons. The van der Waals surface area contributed by atoms with Crippen molar-refractivity contribution >= 4 is 5.91 Å². The number of carbonyl (C=O) groups excluding carboxylic acids is 1. The molecule has 2 rings (SSSR count). The van der Waals surface area contributed by atoms with Crippen LogP contribution in [0.15, 0.2) is 29.2 Å². The van der Waals surface area contributed by atoms with E-state index in [0.717, 1.165) is 5.06 Å². The molecule has 7 heteroatoms. The summed E-state index contributed by atoms with van der Waals surface area (Å²) in [6.07, 6.45) is 5.88. The molecule has 0 N–H and O–H groups in total. The summed E-state index contributed by atoms with van der Waals surface area (Å²) >= 11 is 0. The second kappa shape index (κ2) is 4.71. The van der Waals surface area contributed by atoms with Gasteiger partial charge in [0.25, 0.3) is 0 Å². The number of hydrogen-bond donors (Lipinski definition) is 0. The van der Waals surface area contributed by atoms with Crippen molar-refractivity contribution in [3.63, 3.8) is 0 Å². The van der Waals surface area contributed by atoms with Crippen LogP contribution >= 0.6 is 0 Å². The monoisotopic (exact) mass is 234 g/mol. The van der Waals surface area contributed by atoms with Crippen LogP contribution in [0.3, 0.4) is 0 Å². The number of carbonyl (C=O) groups is 1. The lowest BCUT2D eigenvalue weighted by molar-refractivity contribution is -0.0773. The second-order valence-electron chi connectivity index (χ2n) is 3.11. The van der Waals surface area contributed by atoms with Crippen molar-refractivity contribution in [2.45, 2.75) is 0 Å². The summed E-state index contributed by atoms with van der Waals surface area (Å²) in [6, 6.07) is 0. The predicted octanol–water partition coefficient (Wildman–Crippen LogP) is 0.765. The van der Waals surface area contributed by atoms with Crippen LogP contribution in [-0.2, 0) is 4.84 Å². The molecule has 0 spiro atoms. The molecule has 0 aliphatic carbocycles. The van der Waals surface area contributed by atoms with Crippen LogP contribution in [0.25, 0.3) is 11.6 Å². The maximum atomic E-state index is 11.7. The van der Waals surface area contributed by atoms with E-state index < -0.39 is 5.91 Å². The zero-order chi connectivity index (χ0) is 12.3. The van der Waals surface area contributed by atoms with Gasteiger partial charge in [-0.3, -0.25) is 14.6 Å². The molecular formula is C10H10N4O3. The highest BCUT2D eigenvalue weighted by atomic mass is 16.7. The molecule has 0 aliphatic rings. The molecule has 0 radical (unpaired) electrons. The van der Waals surface area contributed by atoms with Gasteiger partial charge < -0.3 is 4.42 Å². The molecule has 7 nitrogen and oxygen atoms in total. The number of hydrogen-bond acceptors (Lipinski definition) is 6. The van der Waals surface area contributed by atoms with Gasteiger partial charge in [-0.2, -0.15) is 0 Å². The average Bonchev–Trinajstić information content (AvgIpc) is 2.87. The van der Waals surface area contributed by atoms with Crippen LogP contribution in [-0.4, -0.2) is 40.1 Å². The minimum atomic E-state index is -0.421. The first-order valence-electron chi connectivity index (χ1n) is 4.76. The van der Waals surface area contributed by atoms with Crippen molar-refractivity contribution in [3.8, 4) is 11.6 Å². The third-order valence-electron chi connectivity index (χ3n) is 2.06. The quantitative estimate of drug-likeness (QED) is 0.729. The largest absolute Gasteiger partial charge is 0.429 e. The fourth-order valence-electron chi connectivity index (χ4n) is 1.14. The first-order chi connectivity index (χ1) is 8.22. The number of amides is 1. The molecule has 0 bridgehead atoms. The molecule has 0 aliphatic heterocycles. The number of oxazole rings is 1. The summed E-state index contributed by atoms with van der Waals surface area (Å²) in [4.78, 5) is 28.2. The highest BCUT2D eigenvalue weighted by Crippen LogP contribution is 2.16. The molecule has 0 aromatic carbocycles. The van der Waals surface area contributed by atoms with Crippen molar-refractivity contribution in [2.75, 3.05) is 14.2 Å². The van der Waals surface area contributed by atoms with E-state index in [4.69, 9.17) is 9.25 Å². The molecule has 0 saturated heterocycles. The minimum Gasteiger partial charge on any atom is -0.429 e. The Balaban J connectivity index is 2.25. The van der Waals surface area contributed by atoms with Gasteiger partial charge in [-0.1, -0.05) is 0 Å². The molecule has 17 heavy (non-hydrogen) atoms. The van der Waals surface area contributed by atoms with Gasteiger partial charge in [0.15, 0.2) is 0 Å². The van der Waals surface area contributed by atoms with Gasteiger partial charge in [0.05, 0.1) is 19.5 Å². The Hall–Kier alpha value is -2.28. The number of rotatable bonds is 3. The van der Waals surface area contributed by atoms with E-state index in [0.29, 0.717) is 5.69 Å². The van der Waals surface area contributed by atoms with Gasteiger partial charge in [0.1, 0.15) is 5.69 Å². The Kier molecular flexibility index (Phi) is 3.10. The van der Waals surface area contributed by atoms with Crippen LogP contribution < -0.4 is 0 Å². The standard InChI is InChI=1S/C10H10N4O3/c1-14(16-2)10(15)8-6-13-9(17-8)7-5-11-3-4-12-7/h3-6H,1-2H3. The maximum Gasteiger partial charge on any atom is 0.314 e. The Morgan fingerprint density at radius 3 is 2.82 bits per heavy atom.